The Morgan fingerprint density at radius 2 is 1.64 bits per heavy atom. The Hall–Kier alpha value is -4.05. The van der Waals surface area contributed by atoms with Gasteiger partial charge in [-0.1, -0.05) is 67.6 Å². The molecule has 3 aromatic carbocycles. The normalized spacial score (nSPS) is 14.5. The highest BCUT2D eigenvalue weighted by atomic mass is 32.2. The van der Waals surface area contributed by atoms with Gasteiger partial charge in [0.2, 0.25) is 11.8 Å². The quantitative estimate of drug-likeness (QED) is 0.393. The van der Waals surface area contributed by atoms with Gasteiger partial charge in [0.1, 0.15) is 16.8 Å². The molecule has 8 nitrogen and oxygen atoms in total. The van der Waals surface area contributed by atoms with Crippen LogP contribution in [0.5, 0.6) is 0 Å². The summed E-state index contributed by atoms with van der Waals surface area (Å²) in [6.45, 7) is 1.69. The molecule has 204 valence electrons. The fourth-order valence-electron chi connectivity index (χ4n) is 4.52. The highest BCUT2D eigenvalue weighted by Crippen LogP contribution is 2.30. The van der Waals surface area contributed by atoms with Crippen LogP contribution in [0.25, 0.3) is 0 Å². The smallest absolute Gasteiger partial charge is 0.269 e. The number of nitrogens with zero attached hydrogens (tertiary/aromatic N) is 2. The molecule has 1 heterocycles. The maximum atomic E-state index is 14.7. The van der Waals surface area contributed by atoms with E-state index in [0.29, 0.717) is 17.3 Å². The molecule has 0 bridgehead atoms. The number of hydrogen-bond donors (Lipinski definition) is 1. The largest absolute Gasteiger partial charge is 0.354 e. The minimum absolute atomic E-state index is 0.0501. The lowest BCUT2D eigenvalue weighted by Crippen LogP contribution is -2.51. The van der Waals surface area contributed by atoms with Crippen molar-refractivity contribution in [1.29, 1.82) is 0 Å². The Morgan fingerprint density at radius 1 is 0.974 bits per heavy atom. The number of carbonyl (C=O) groups excluding carboxylic acids is 3. The Labute approximate surface area is 227 Å². The van der Waals surface area contributed by atoms with Gasteiger partial charge in [-0.25, -0.2) is 17.1 Å². The van der Waals surface area contributed by atoms with Crippen LogP contribution in [0.2, 0.25) is 0 Å². The molecule has 0 saturated heterocycles. The van der Waals surface area contributed by atoms with Gasteiger partial charge in [-0.05, 0) is 30.2 Å². The third-order valence-electron chi connectivity index (χ3n) is 6.56. The van der Waals surface area contributed by atoms with Crippen molar-refractivity contribution in [2.24, 2.45) is 0 Å². The second-order valence-corrected chi connectivity index (χ2v) is 11.1. The Balaban J connectivity index is 1.63. The topological polar surface area (TPSA) is 104 Å². The zero-order valence-electron chi connectivity index (χ0n) is 21.5. The molecular weight excluding hydrogens is 521 g/mol. The molecule has 39 heavy (non-hydrogen) atoms. The highest BCUT2D eigenvalue weighted by Gasteiger charge is 2.41. The molecule has 1 N–H and O–H groups in total. The first-order chi connectivity index (χ1) is 18.7. The SMILES string of the molecule is CCCNC(=O)C(Cc1ccccc1)N(Cc1ccccc1F)C(=O)CCN1C(=O)c2ccccc2S1(=O)=O. The van der Waals surface area contributed by atoms with Crippen molar-refractivity contribution in [3.63, 3.8) is 0 Å². The second-order valence-electron chi connectivity index (χ2n) is 9.24. The van der Waals surface area contributed by atoms with Gasteiger partial charge >= 0.3 is 0 Å². The molecule has 0 saturated carbocycles. The van der Waals surface area contributed by atoms with Crippen molar-refractivity contribution in [1.82, 2.24) is 14.5 Å². The van der Waals surface area contributed by atoms with Gasteiger partial charge < -0.3 is 10.2 Å². The molecule has 4 rings (SSSR count). The molecule has 1 aliphatic rings. The predicted octanol–water partition coefficient (Wildman–Crippen LogP) is 3.53. The van der Waals surface area contributed by atoms with Crippen LogP contribution in [0, 0.1) is 5.82 Å². The zero-order valence-corrected chi connectivity index (χ0v) is 22.4. The van der Waals surface area contributed by atoms with Crippen LogP contribution < -0.4 is 5.32 Å². The maximum Gasteiger partial charge on any atom is 0.269 e. The average Bonchev–Trinajstić information content (AvgIpc) is 3.13. The summed E-state index contributed by atoms with van der Waals surface area (Å²) in [5.41, 5.74) is 1.06. The first-order valence-electron chi connectivity index (χ1n) is 12.7. The van der Waals surface area contributed by atoms with E-state index in [4.69, 9.17) is 0 Å². The van der Waals surface area contributed by atoms with Crippen LogP contribution in [0.1, 0.15) is 41.3 Å². The summed E-state index contributed by atoms with van der Waals surface area (Å²) < 4.78 is 41.3. The summed E-state index contributed by atoms with van der Waals surface area (Å²) in [6, 6.07) is 20.0. The van der Waals surface area contributed by atoms with Gasteiger partial charge in [-0.2, -0.15) is 0 Å². The van der Waals surface area contributed by atoms with Gasteiger partial charge in [0.05, 0.1) is 5.56 Å². The first kappa shape index (κ1) is 28.0. The van der Waals surface area contributed by atoms with E-state index in [9.17, 15) is 27.2 Å². The summed E-state index contributed by atoms with van der Waals surface area (Å²) in [7, 11) is -4.11. The summed E-state index contributed by atoms with van der Waals surface area (Å²) in [6.07, 6.45) is 0.475. The number of hydrogen-bond acceptors (Lipinski definition) is 5. The lowest BCUT2D eigenvalue weighted by molar-refractivity contribution is -0.141. The third-order valence-corrected chi connectivity index (χ3v) is 8.40. The fourth-order valence-corrected chi connectivity index (χ4v) is 6.09. The maximum absolute atomic E-state index is 14.7. The number of rotatable bonds is 11. The third kappa shape index (κ3) is 6.17. The van der Waals surface area contributed by atoms with Gasteiger partial charge in [-0.3, -0.25) is 14.4 Å². The number of halogens is 1. The van der Waals surface area contributed by atoms with E-state index < -0.39 is 46.1 Å². The molecule has 1 aliphatic heterocycles. The van der Waals surface area contributed by atoms with E-state index in [1.165, 1.54) is 41.3 Å². The van der Waals surface area contributed by atoms with Crippen molar-refractivity contribution in [2.75, 3.05) is 13.1 Å². The van der Waals surface area contributed by atoms with Crippen LogP contribution in [0.3, 0.4) is 0 Å². The molecule has 0 fully saturated rings. The number of benzene rings is 3. The van der Waals surface area contributed by atoms with Crippen molar-refractivity contribution in [3.05, 3.63) is 101 Å². The minimum atomic E-state index is -4.11. The number of amides is 3. The molecule has 1 atom stereocenters. The van der Waals surface area contributed by atoms with E-state index in [1.54, 1.807) is 12.1 Å². The molecule has 0 spiro atoms. The van der Waals surface area contributed by atoms with Crippen LogP contribution in [0.4, 0.5) is 4.39 Å². The van der Waals surface area contributed by atoms with E-state index in [2.05, 4.69) is 5.32 Å². The Bertz CT molecular complexity index is 1460. The number of carbonyl (C=O) groups is 3. The molecule has 0 aromatic heterocycles. The number of fused-ring (bicyclic) bond motifs is 1. The lowest BCUT2D eigenvalue weighted by Gasteiger charge is -2.32. The van der Waals surface area contributed by atoms with Crippen LogP contribution in [-0.2, 0) is 32.6 Å². The van der Waals surface area contributed by atoms with Crippen molar-refractivity contribution in [3.8, 4) is 0 Å². The molecule has 0 radical (unpaired) electrons. The molecule has 1 unspecified atom stereocenters. The second kappa shape index (κ2) is 12.2. The minimum Gasteiger partial charge on any atom is -0.354 e. The Morgan fingerprint density at radius 3 is 2.33 bits per heavy atom. The van der Waals surface area contributed by atoms with Crippen LogP contribution in [-0.4, -0.2) is 54.5 Å². The standard InChI is InChI=1S/C29H30FN3O5S/c1-2-17-31-28(35)25(19-21-10-4-3-5-11-21)32(20-22-12-6-8-14-24(22)30)27(34)16-18-33-29(36)23-13-7-9-15-26(23)39(33,37)38/h3-15,25H,2,16-20H2,1H3,(H,31,35). The van der Waals surface area contributed by atoms with E-state index in [-0.39, 0.29) is 35.4 Å². The summed E-state index contributed by atoms with van der Waals surface area (Å²) in [5, 5.41) is 2.83. The van der Waals surface area contributed by atoms with Crippen LogP contribution >= 0.6 is 0 Å². The predicted molar refractivity (Wildman–Crippen MR) is 143 cm³/mol. The molecule has 3 aromatic rings. The molecule has 0 aliphatic carbocycles. The fraction of sp³-hybridized carbons (Fsp3) is 0.276. The highest BCUT2D eigenvalue weighted by molar-refractivity contribution is 7.90. The van der Waals surface area contributed by atoms with E-state index >= 15 is 0 Å². The number of sulfonamides is 1. The van der Waals surface area contributed by atoms with Crippen molar-refractivity contribution < 1.29 is 27.2 Å². The van der Waals surface area contributed by atoms with E-state index in [1.807, 2.05) is 37.3 Å². The monoisotopic (exact) mass is 551 g/mol. The first-order valence-corrected chi connectivity index (χ1v) is 14.2. The summed E-state index contributed by atoms with van der Waals surface area (Å²) in [4.78, 5) is 41.0. The molecule has 10 heteroatoms. The molecular formula is C29H30FN3O5S. The summed E-state index contributed by atoms with van der Waals surface area (Å²) >= 11 is 0. The Kier molecular flexibility index (Phi) is 8.75. The van der Waals surface area contributed by atoms with E-state index in [0.717, 1.165) is 5.56 Å². The van der Waals surface area contributed by atoms with Gasteiger partial charge in [-0.15, -0.1) is 0 Å². The van der Waals surface area contributed by atoms with Gasteiger partial charge in [0.15, 0.2) is 0 Å². The zero-order chi connectivity index (χ0) is 28.0. The average molecular weight is 552 g/mol. The summed E-state index contributed by atoms with van der Waals surface area (Å²) in [5.74, 6) is -2.22. The molecule has 3 amide bonds. The van der Waals surface area contributed by atoms with Crippen LogP contribution in [0.15, 0.2) is 83.8 Å². The lowest BCUT2D eigenvalue weighted by atomic mass is 10.0. The van der Waals surface area contributed by atoms with Gasteiger partial charge in [0, 0.05) is 38.0 Å². The van der Waals surface area contributed by atoms with Gasteiger partial charge in [0.25, 0.3) is 15.9 Å². The van der Waals surface area contributed by atoms with Crippen molar-refractivity contribution in [2.45, 2.75) is 43.7 Å². The van der Waals surface area contributed by atoms with Crippen molar-refractivity contribution >= 4 is 27.7 Å². The number of nitrogens with one attached hydrogen (secondary N) is 1.